The summed E-state index contributed by atoms with van der Waals surface area (Å²) in [6.07, 6.45) is -3.56. The minimum absolute atomic E-state index is 0.0977. The molecule has 0 radical (unpaired) electrons. The third-order valence-corrected chi connectivity index (χ3v) is 9.04. The number of nitrogens with two attached hydrogens (primary N) is 1. The fraction of sp³-hybridized carbons (Fsp3) is 0.371. The summed E-state index contributed by atoms with van der Waals surface area (Å²) in [4.78, 5) is 42.5. The minimum atomic E-state index is -5.33. The Labute approximate surface area is 291 Å². The molecule has 0 spiro atoms. The van der Waals surface area contributed by atoms with Crippen molar-refractivity contribution in [3.63, 3.8) is 0 Å². The summed E-state index contributed by atoms with van der Waals surface area (Å²) in [5.41, 5.74) is 8.89. The van der Waals surface area contributed by atoms with Crippen LogP contribution >= 0.6 is 0 Å². The van der Waals surface area contributed by atoms with E-state index in [0.29, 0.717) is 25.3 Å². The van der Waals surface area contributed by atoms with Crippen LogP contribution in [0, 0.1) is 5.92 Å². The molecule has 0 bridgehead atoms. The fourth-order valence-electron chi connectivity index (χ4n) is 6.34. The van der Waals surface area contributed by atoms with Crippen LogP contribution in [0.2, 0.25) is 0 Å². The van der Waals surface area contributed by atoms with Crippen molar-refractivity contribution in [2.24, 2.45) is 11.7 Å². The quantitative estimate of drug-likeness (QED) is 0.129. The van der Waals surface area contributed by atoms with Crippen LogP contribution in [0.5, 0.6) is 0 Å². The summed E-state index contributed by atoms with van der Waals surface area (Å²) in [5, 5.41) is 17.5. The van der Waals surface area contributed by atoms with Gasteiger partial charge in [0.2, 0.25) is 11.9 Å². The topological polar surface area (TPSA) is 175 Å². The molecule has 16 heteroatoms. The van der Waals surface area contributed by atoms with Gasteiger partial charge in [0.05, 0.1) is 30.3 Å². The number of hydrogen-bond acceptors (Lipinski definition) is 10. The molecule has 3 heterocycles. The summed E-state index contributed by atoms with van der Waals surface area (Å²) in [7, 11) is 0. The normalized spacial score (nSPS) is 19.1. The van der Waals surface area contributed by atoms with Crippen molar-refractivity contribution in [1.29, 1.82) is 0 Å². The number of ether oxygens (including phenoxy) is 1. The highest BCUT2D eigenvalue weighted by molar-refractivity contribution is 5.85. The molecule has 3 aromatic heterocycles. The Bertz CT molecular complexity index is 1930. The number of hydrogen-bond donors (Lipinski definition) is 4. The van der Waals surface area contributed by atoms with Gasteiger partial charge in [-0.3, -0.25) is 4.79 Å². The van der Waals surface area contributed by atoms with E-state index in [4.69, 9.17) is 15.5 Å². The maximum atomic E-state index is 13.3. The lowest BCUT2D eigenvalue weighted by Gasteiger charge is -2.24. The van der Waals surface area contributed by atoms with Crippen molar-refractivity contribution in [2.75, 3.05) is 23.7 Å². The molecule has 1 aliphatic rings. The van der Waals surface area contributed by atoms with Crippen LogP contribution in [0.1, 0.15) is 55.1 Å². The summed E-state index contributed by atoms with van der Waals surface area (Å²) in [6, 6.07) is 18.9. The second-order valence-corrected chi connectivity index (χ2v) is 12.7. The standard InChI is InChI=1S/C35H38F3N9O4/c1-20(2)46-17-23(42-18-46)13-14-40-34-44-31(41-16-25(21-9-5-3-6-10-21)22-11-7-4-8-12-22)27-32(45-34)47(19-43-27)26-15-24(30(39)49)28(48)29(26)51-33(50)35(36,37)38/h3-12,17-20,24-26,28-29,48H,13-16H2,1-2H3,(H2,39,49)(H2,40,41,44,45)/t24?,26-,28?,29+/m1/s1. The van der Waals surface area contributed by atoms with E-state index in [1.165, 1.54) is 10.9 Å². The van der Waals surface area contributed by atoms with Crippen molar-refractivity contribution in [3.05, 3.63) is 96.3 Å². The van der Waals surface area contributed by atoms with Crippen LogP contribution in [-0.4, -0.2) is 77.5 Å². The van der Waals surface area contributed by atoms with Gasteiger partial charge in [-0.15, -0.1) is 0 Å². The van der Waals surface area contributed by atoms with Gasteiger partial charge in [0, 0.05) is 37.7 Å². The van der Waals surface area contributed by atoms with Crippen LogP contribution in [0.3, 0.4) is 0 Å². The zero-order valence-electron chi connectivity index (χ0n) is 27.9. The van der Waals surface area contributed by atoms with Gasteiger partial charge in [0.25, 0.3) is 0 Å². The van der Waals surface area contributed by atoms with Gasteiger partial charge in [-0.05, 0) is 31.4 Å². The number of imidazole rings is 2. The number of aliphatic hydroxyl groups is 1. The van der Waals surface area contributed by atoms with E-state index in [2.05, 4.69) is 25.6 Å². The summed E-state index contributed by atoms with van der Waals surface area (Å²) in [6.45, 7) is 4.88. The minimum Gasteiger partial charge on any atom is -0.451 e. The maximum Gasteiger partial charge on any atom is 0.490 e. The molecule has 1 saturated carbocycles. The lowest BCUT2D eigenvalue weighted by molar-refractivity contribution is -0.210. The number of carbonyl (C=O) groups is 2. The molecule has 1 aliphatic carbocycles. The van der Waals surface area contributed by atoms with E-state index in [-0.39, 0.29) is 35.5 Å². The summed E-state index contributed by atoms with van der Waals surface area (Å²) >= 11 is 0. The molecule has 2 unspecified atom stereocenters. The summed E-state index contributed by atoms with van der Waals surface area (Å²) in [5.74, 6) is -4.33. The third kappa shape index (κ3) is 7.80. The Balaban J connectivity index is 1.36. The van der Waals surface area contributed by atoms with Gasteiger partial charge in [0.15, 0.2) is 17.0 Å². The van der Waals surface area contributed by atoms with Crippen LogP contribution < -0.4 is 16.4 Å². The zero-order chi connectivity index (χ0) is 36.3. The van der Waals surface area contributed by atoms with Gasteiger partial charge in [0.1, 0.15) is 12.2 Å². The number of alkyl halides is 3. The van der Waals surface area contributed by atoms with Crippen LogP contribution in [0.4, 0.5) is 24.9 Å². The Morgan fingerprint density at radius 3 is 2.25 bits per heavy atom. The summed E-state index contributed by atoms with van der Waals surface area (Å²) < 4.78 is 48.0. The molecule has 0 saturated heterocycles. The molecule has 0 aliphatic heterocycles. The van der Waals surface area contributed by atoms with E-state index in [1.54, 1.807) is 6.33 Å². The average Bonchev–Trinajstić information content (AvgIpc) is 3.83. The highest BCUT2D eigenvalue weighted by Crippen LogP contribution is 2.40. The van der Waals surface area contributed by atoms with E-state index < -0.39 is 42.2 Å². The van der Waals surface area contributed by atoms with E-state index in [0.717, 1.165) is 16.8 Å². The first kappa shape index (κ1) is 35.3. The highest BCUT2D eigenvalue weighted by atomic mass is 19.4. The molecule has 268 valence electrons. The zero-order valence-corrected chi connectivity index (χ0v) is 27.9. The Morgan fingerprint density at radius 1 is 1.00 bits per heavy atom. The number of carbonyl (C=O) groups excluding carboxylic acids is 2. The molecular formula is C35H38F3N9O4. The van der Waals surface area contributed by atoms with Crippen molar-refractivity contribution in [2.45, 2.75) is 63.1 Å². The number of aliphatic hydroxyl groups excluding tert-OH is 1. The second kappa shape index (κ2) is 14.8. The Kier molecular flexibility index (Phi) is 10.2. The second-order valence-electron chi connectivity index (χ2n) is 12.7. The van der Waals surface area contributed by atoms with Crippen LogP contribution in [0.15, 0.2) is 79.5 Å². The molecule has 4 atom stereocenters. The number of esters is 1. The molecule has 51 heavy (non-hydrogen) atoms. The molecule has 1 amide bonds. The Morgan fingerprint density at radius 2 is 1.67 bits per heavy atom. The van der Waals surface area contributed by atoms with Gasteiger partial charge >= 0.3 is 12.1 Å². The molecular weight excluding hydrogens is 667 g/mol. The van der Waals surface area contributed by atoms with Crippen molar-refractivity contribution >= 4 is 34.8 Å². The van der Waals surface area contributed by atoms with E-state index in [1.807, 2.05) is 85.3 Å². The van der Waals surface area contributed by atoms with Crippen molar-refractivity contribution in [3.8, 4) is 0 Å². The molecule has 13 nitrogen and oxygen atoms in total. The van der Waals surface area contributed by atoms with Crippen LogP contribution in [0.25, 0.3) is 11.2 Å². The first-order valence-electron chi connectivity index (χ1n) is 16.5. The molecule has 6 rings (SSSR count). The first-order valence-corrected chi connectivity index (χ1v) is 16.5. The number of anilines is 2. The Hall–Kier alpha value is -5.51. The number of nitrogens with zero attached hydrogens (tertiary/aromatic N) is 6. The number of benzene rings is 2. The van der Waals surface area contributed by atoms with E-state index >= 15 is 0 Å². The number of amides is 1. The first-order chi connectivity index (χ1) is 24.4. The van der Waals surface area contributed by atoms with Gasteiger partial charge < -0.3 is 35.3 Å². The number of fused-ring (bicyclic) bond motifs is 1. The SMILES string of the molecule is CC(C)n1cnc(CCNc2nc(NCC(c3ccccc3)c3ccccc3)c3ncn([C@@H]4CC(C(N)=O)C(O)[C@H]4OC(=O)C(F)(F)F)c3n2)c1. The fourth-order valence-corrected chi connectivity index (χ4v) is 6.34. The van der Waals surface area contributed by atoms with E-state index in [9.17, 15) is 27.9 Å². The van der Waals surface area contributed by atoms with Gasteiger partial charge in [-0.25, -0.2) is 14.8 Å². The molecule has 2 aromatic carbocycles. The third-order valence-electron chi connectivity index (χ3n) is 9.04. The van der Waals surface area contributed by atoms with Gasteiger partial charge in [-0.2, -0.15) is 23.1 Å². The number of halogens is 3. The predicted octanol–water partition coefficient (Wildman–Crippen LogP) is 4.38. The number of primary amides is 1. The molecule has 5 N–H and O–H groups in total. The number of nitrogens with one attached hydrogen (secondary N) is 2. The molecule has 1 fully saturated rings. The van der Waals surface area contributed by atoms with Gasteiger partial charge in [-0.1, -0.05) is 60.7 Å². The van der Waals surface area contributed by atoms with Crippen molar-refractivity contribution in [1.82, 2.24) is 29.1 Å². The molecule has 5 aromatic rings. The average molecular weight is 706 g/mol. The largest absolute Gasteiger partial charge is 0.490 e. The number of rotatable bonds is 13. The lowest BCUT2D eigenvalue weighted by Crippen LogP contribution is -2.40. The lowest BCUT2D eigenvalue weighted by atomic mass is 9.91. The number of aromatic nitrogens is 6. The monoisotopic (exact) mass is 705 g/mol. The smallest absolute Gasteiger partial charge is 0.451 e. The van der Waals surface area contributed by atoms with Crippen molar-refractivity contribution < 1.29 is 32.6 Å². The highest BCUT2D eigenvalue weighted by Gasteiger charge is 2.52. The predicted molar refractivity (Wildman–Crippen MR) is 182 cm³/mol. The maximum absolute atomic E-state index is 13.3. The van der Waals surface area contributed by atoms with Crippen LogP contribution in [-0.2, 0) is 20.7 Å².